The Hall–Kier alpha value is -2.93. The summed E-state index contributed by atoms with van der Waals surface area (Å²) in [6, 6.07) is 18.3. The van der Waals surface area contributed by atoms with Crippen LogP contribution in [0, 0.1) is 11.8 Å². The second-order valence-corrected chi connectivity index (χ2v) is 10.0. The summed E-state index contributed by atoms with van der Waals surface area (Å²) in [4.78, 5) is 28.0. The predicted molar refractivity (Wildman–Crippen MR) is 128 cm³/mol. The Balaban J connectivity index is 2.21. The van der Waals surface area contributed by atoms with Crippen molar-refractivity contribution in [1.82, 2.24) is 9.62 Å². The molecule has 2 aromatic rings. The molecular formula is C25H32N2O4S. The van der Waals surface area contributed by atoms with Gasteiger partial charge in [0.05, 0.1) is 5.41 Å². The molecule has 1 N–H and O–H groups in total. The number of amides is 2. The van der Waals surface area contributed by atoms with Crippen molar-refractivity contribution in [3.8, 4) is 0 Å². The Morgan fingerprint density at radius 2 is 1.50 bits per heavy atom. The molecule has 2 aromatic carbocycles. The van der Waals surface area contributed by atoms with Crippen LogP contribution in [0.5, 0.6) is 0 Å². The summed E-state index contributed by atoms with van der Waals surface area (Å²) in [6.45, 7) is 7.90. The lowest BCUT2D eigenvalue weighted by atomic mass is 9.94. The fourth-order valence-corrected chi connectivity index (χ4v) is 4.09. The number of carbonyl (C=O) groups is 2. The van der Waals surface area contributed by atoms with Crippen LogP contribution >= 0.6 is 0 Å². The van der Waals surface area contributed by atoms with Gasteiger partial charge in [-0.3, -0.25) is 9.59 Å². The van der Waals surface area contributed by atoms with Gasteiger partial charge in [-0.1, -0.05) is 74.5 Å². The third kappa shape index (κ3) is 7.96. The maximum Gasteiger partial charge on any atom is 0.257 e. The molecule has 1 atom stereocenters. The van der Waals surface area contributed by atoms with Crippen LogP contribution in [0.4, 0.5) is 0 Å². The molecule has 6 nitrogen and oxygen atoms in total. The van der Waals surface area contributed by atoms with Gasteiger partial charge in [-0.2, -0.15) is 0 Å². The molecule has 0 aromatic heterocycles. The Labute approximate surface area is 191 Å². The minimum absolute atomic E-state index is 0.0306. The first-order chi connectivity index (χ1) is 15.1. The maximum absolute atomic E-state index is 13.4. The van der Waals surface area contributed by atoms with E-state index in [1.807, 2.05) is 64.1 Å². The molecule has 0 aliphatic rings. The lowest BCUT2D eigenvalue weighted by molar-refractivity contribution is -0.144. The highest BCUT2D eigenvalue weighted by Crippen LogP contribution is 2.19. The topological polar surface area (TPSA) is 83.5 Å². The molecule has 0 bridgehead atoms. The smallest absolute Gasteiger partial charge is 0.257 e. The molecule has 0 spiro atoms. The van der Waals surface area contributed by atoms with Crippen molar-refractivity contribution in [2.75, 3.05) is 0 Å². The molecule has 0 saturated heterocycles. The SMILES string of the molecule is CC(C)CC(C(=O)NS(=O)(=O)/C=C/c1ccccc1)C(=O)N(Cc1ccccc1)C(C)C. The van der Waals surface area contributed by atoms with Crippen molar-refractivity contribution in [2.45, 2.75) is 46.7 Å². The minimum Gasteiger partial charge on any atom is -0.335 e. The van der Waals surface area contributed by atoms with Gasteiger partial charge in [-0.15, -0.1) is 0 Å². The van der Waals surface area contributed by atoms with Gasteiger partial charge in [-0.05, 0) is 43.4 Å². The van der Waals surface area contributed by atoms with Crippen LogP contribution in [-0.2, 0) is 26.2 Å². The van der Waals surface area contributed by atoms with E-state index in [4.69, 9.17) is 0 Å². The molecule has 32 heavy (non-hydrogen) atoms. The molecule has 0 aliphatic heterocycles. The van der Waals surface area contributed by atoms with Crippen molar-refractivity contribution in [2.24, 2.45) is 11.8 Å². The normalized spacial score (nSPS) is 12.8. The largest absolute Gasteiger partial charge is 0.335 e. The van der Waals surface area contributed by atoms with Crippen molar-refractivity contribution < 1.29 is 18.0 Å². The summed E-state index contributed by atoms with van der Waals surface area (Å²) in [5, 5.41) is 0.946. The Morgan fingerprint density at radius 1 is 0.938 bits per heavy atom. The van der Waals surface area contributed by atoms with Crippen LogP contribution in [0.2, 0.25) is 0 Å². The number of rotatable bonds is 10. The highest BCUT2D eigenvalue weighted by Gasteiger charge is 2.34. The van der Waals surface area contributed by atoms with Crippen LogP contribution in [0.25, 0.3) is 6.08 Å². The van der Waals surface area contributed by atoms with E-state index in [1.54, 1.807) is 29.2 Å². The van der Waals surface area contributed by atoms with E-state index in [0.29, 0.717) is 12.1 Å². The van der Waals surface area contributed by atoms with E-state index in [-0.39, 0.29) is 24.3 Å². The average Bonchev–Trinajstić information content (AvgIpc) is 2.75. The van der Waals surface area contributed by atoms with Crippen LogP contribution in [0.1, 0.15) is 45.2 Å². The number of sulfonamides is 1. The molecule has 0 aliphatic carbocycles. The van der Waals surface area contributed by atoms with E-state index in [2.05, 4.69) is 4.72 Å². The Kier molecular flexibility index (Phi) is 9.20. The summed E-state index contributed by atoms with van der Waals surface area (Å²) in [7, 11) is -4.05. The first-order valence-electron chi connectivity index (χ1n) is 10.7. The van der Waals surface area contributed by atoms with Crippen LogP contribution in [0.15, 0.2) is 66.1 Å². The van der Waals surface area contributed by atoms with E-state index in [9.17, 15) is 18.0 Å². The molecule has 1 unspecified atom stereocenters. The number of nitrogens with zero attached hydrogens (tertiary/aromatic N) is 1. The molecule has 0 radical (unpaired) electrons. The fourth-order valence-electron chi connectivity index (χ4n) is 3.26. The predicted octanol–water partition coefficient (Wildman–Crippen LogP) is 4.20. The zero-order valence-corrected chi connectivity index (χ0v) is 19.9. The number of hydrogen-bond donors (Lipinski definition) is 1. The monoisotopic (exact) mass is 456 g/mol. The third-order valence-corrected chi connectivity index (χ3v) is 5.89. The second-order valence-electron chi connectivity index (χ2n) is 8.45. The van der Waals surface area contributed by atoms with E-state index in [0.717, 1.165) is 11.0 Å². The summed E-state index contributed by atoms with van der Waals surface area (Å²) in [5.41, 5.74) is 1.63. The third-order valence-electron chi connectivity index (χ3n) is 4.91. The Morgan fingerprint density at radius 3 is 2.03 bits per heavy atom. The van der Waals surface area contributed by atoms with Gasteiger partial charge in [0.2, 0.25) is 11.8 Å². The van der Waals surface area contributed by atoms with Gasteiger partial charge < -0.3 is 4.90 Å². The highest BCUT2D eigenvalue weighted by molar-refractivity contribution is 7.93. The lowest BCUT2D eigenvalue weighted by Crippen LogP contribution is -2.47. The van der Waals surface area contributed by atoms with Gasteiger partial charge in [0, 0.05) is 12.6 Å². The lowest BCUT2D eigenvalue weighted by Gasteiger charge is -2.31. The first kappa shape index (κ1) is 25.3. The standard InChI is InChI=1S/C25H32N2O4S/c1-19(2)17-23(25(29)27(20(3)4)18-22-13-9-6-10-14-22)24(28)26-32(30,31)16-15-21-11-7-5-8-12-21/h5-16,19-20,23H,17-18H2,1-4H3,(H,26,28)/b16-15+. The fraction of sp³-hybridized carbons (Fsp3) is 0.360. The minimum atomic E-state index is -4.05. The van der Waals surface area contributed by atoms with Crippen molar-refractivity contribution >= 4 is 27.9 Å². The summed E-state index contributed by atoms with van der Waals surface area (Å²) >= 11 is 0. The zero-order chi connectivity index (χ0) is 23.7. The average molecular weight is 457 g/mol. The van der Waals surface area contributed by atoms with Gasteiger partial charge >= 0.3 is 0 Å². The molecule has 0 fully saturated rings. The highest BCUT2D eigenvalue weighted by atomic mass is 32.2. The van der Waals surface area contributed by atoms with Crippen molar-refractivity contribution in [1.29, 1.82) is 0 Å². The maximum atomic E-state index is 13.4. The first-order valence-corrected chi connectivity index (χ1v) is 12.3. The number of hydrogen-bond acceptors (Lipinski definition) is 4. The van der Waals surface area contributed by atoms with Gasteiger partial charge in [0.1, 0.15) is 5.92 Å². The van der Waals surface area contributed by atoms with Gasteiger partial charge in [0.15, 0.2) is 0 Å². The molecule has 7 heteroatoms. The van der Waals surface area contributed by atoms with Crippen LogP contribution in [0.3, 0.4) is 0 Å². The molecule has 2 amide bonds. The number of benzene rings is 2. The van der Waals surface area contributed by atoms with Crippen LogP contribution in [-0.4, -0.2) is 31.2 Å². The summed E-state index contributed by atoms with van der Waals surface area (Å²) < 4.78 is 27.0. The van der Waals surface area contributed by atoms with E-state index >= 15 is 0 Å². The van der Waals surface area contributed by atoms with Crippen molar-refractivity contribution in [3.63, 3.8) is 0 Å². The molecule has 2 rings (SSSR count). The molecule has 172 valence electrons. The Bertz CT molecular complexity index is 1020. The molecule has 0 heterocycles. The van der Waals surface area contributed by atoms with Gasteiger partial charge in [0.25, 0.3) is 10.0 Å². The van der Waals surface area contributed by atoms with Crippen LogP contribution < -0.4 is 4.72 Å². The molecule has 0 saturated carbocycles. The number of nitrogens with one attached hydrogen (secondary N) is 1. The number of carbonyl (C=O) groups excluding carboxylic acids is 2. The quantitative estimate of drug-likeness (QED) is 0.543. The van der Waals surface area contributed by atoms with E-state index in [1.165, 1.54) is 6.08 Å². The molecular weight excluding hydrogens is 424 g/mol. The van der Waals surface area contributed by atoms with Gasteiger partial charge in [-0.25, -0.2) is 13.1 Å². The second kappa shape index (κ2) is 11.6. The van der Waals surface area contributed by atoms with E-state index < -0.39 is 21.8 Å². The zero-order valence-electron chi connectivity index (χ0n) is 19.1. The summed E-state index contributed by atoms with van der Waals surface area (Å²) in [6.07, 6.45) is 1.66. The summed E-state index contributed by atoms with van der Waals surface area (Å²) in [5.74, 6) is -2.25. The van der Waals surface area contributed by atoms with Crippen molar-refractivity contribution in [3.05, 3.63) is 77.2 Å².